The molecule has 1 aromatic carbocycles. The summed E-state index contributed by atoms with van der Waals surface area (Å²) in [6.45, 7) is 18.2. The van der Waals surface area contributed by atoms with Gasteiger partial charge in [-0.05, 0) is 58.6 Å². The number of benzene rings is 1. The Morgan fingerprint density at radius 1 is 1.20 bits per heavy atom. The molecule has 2 aromatic rings. The summed E-state index contributed by atoms with van der Waals surface area (Å²) in [5.74, 6) is -0.582. The number of carbonyl (C=O) groups is 2. The molecule has 0 bridgehead atoms. The number of allylic oxidation sites excluding steroid dienone is 2. The molecule has 0 saturated carbocycles. The molecule has 2 atom stereocenters. The lowest BCUT2D eigenvalue weighted by molar-refractivity contribution is -0.301. The maximum absolute atomic E-state index is 13.3. The fourth-order valence-electron chi connectivity index (χ4n) is 4.98. The van der Waals surface area contributed by atoms with E-state index in [0.29, 0.717) is 37.4 Å². The SMILES string of the molecule is C=C/C=C/c1nc(C(=O)NCc2ccccc2)c(C(C)C)n1CCC1CC(CC(=O)OC(C)(C)C)OC(C)(C)O1. The van der Waals surface area contributed by atoms with Crippen LogP contribution in [-0.4, -0.2) is 45.0 Å². The Bertz CT molecular complexity index is 1190. The molecule has 1 N–H and O–H groups in total. The van der Waals surface area contributed by atoms with E-state index in [2.05, 4.69) is 30.3 Å². The summed E-state index contributed by atoms with van der Waals surface area (Å²) in [7, 11) is 0. The highest BCUT2D eigenvalue weighted by Gasteiger charge is 2.37. The second-order valence-corrected chi connectivity index (χ2v) is 12.0. The van der Waals surface area contributed by atoms with Crippen molar-refractivity contribution in [3.05, 3.63) is 71.8 Å². The molecule has 1 aliphatic rings. The molecule has 1 aromatic heterocycles. The topological polar surface area (TPSA) is 91.7 Å². The van der Waals surface area contributed by atoms with Crippen LogP contribution in [0.2, 0.25) is 0 Å². The minimum absolute atomic E-state index is 0.0582. The molecule has 2 heterocycles. The standard InChI is InChI=1S/C32H45N3O5/c1-9-10-16-26-34-28(30(37)33-21-23-14-12-11-13-15-23)29(22(2)3)35(26)18-17-24-19-25(39-32(7,8)38-24)20-27(36)40-31(4,5)6/h9-16,22,24-25H,1,17-21H2,2-8H3,(H,33,37)/b16-10+. The smallest absolute Gasteiger partial charge is 0.308 e. The minimum atomic E-state index is -0.834. The molecule has 2 unspecified atom stereocenters. The number of ether oxygens (including phenoxy) is 3. The van der Waals surface area contributed by atoms with E-state index in [1.165, 1.54) is 0 Å². The molecular formula is C32H45N3O5. The molecule has 1 fully saturated rings. The Morgan fingerprint density at radius 3 is 2.50 bits per heavy atom. The van der Waals surface area contributed by atoms with E-state index in [-0.39, 0.29) is 36.4 Å². The number of nitrogens with zero attached hydrogens (tertiary/aromatic N) is 2. The van der Waals surface area contributed by atoms with Crippen molar-refractivity contribution in [3.8, 4) is 0 Å². The monoisotopic (exact) mass is 551 g/mol. The fourth-order valence-corrected chi connectivity index (χ4v) is 4.98. The predicted molar refractivity (Wildman–Crippen MR) is 157 cm³/mol. The highest BCUT2D eigenvalue weighted by molar-refractivity contribution is 5.94. The van der Waals surface area contributed by atoms with Crippen molar-refractivity contribution in [1.82, 2.24) is 14.9 Å². The van der Waals surface area contributed by atoms with Gasteiger partial charge in [-0.3, -0.25) is 9.59 Å². The van der Waals surface area contributed by atoms with Crippen molar-refractivity contribution in [2.75, 3.05) is 0 Å². The largest absolute Gasteiger partial charge is 0.460 e. The number of nitrogens with one attached hydrogen (secondary N) is 1. The van der Waals surface area contributed by atoms with E-state index in [0.717, 1.165) is 11.3 Å². The maximum Gasteiger partial charge on any atom is 0.308 e. The predicted octanol–water partition coefficient (Wildman–Crippen LogP) is 6.17. The Kier molecular flexibility index (Phi) is 10.5. The molecule has 3 rings (SSSR count). The first-order valence-electron chi connectivity index (χ1n) is 14.1. The zero-order chi connectivity index (χ0) is 29.5. The lowest BCUT2D eigenvalue weighted by Crippen LogP contribution is -2.46. The third kappa shape index (κ3) is 9.17. The normalized spacial score (nSPS) is 19.1. The number of imidazole rings is 1. The number of carbonyl (C=O) groups excluding carboxylic acids is 2. The number of rotatable bonds is 11. The number of amides is 1. The molecule has 1 amide bonds. The molecule has 8 nitrogen and oxygen atoms in total. The molecule has 0 radical (unpaired) electrons. The van der Waals surface area contributed by atoms with Gasteiger partial charge in [-0.25, -0.2) is 4.98 Å². The van der Waals surface area contributed by atoms with Crippen molar-refractivity contribution in [3.63, 3.8) is 0 Å². The molecule has 1 aliphatic heterocycles. The van der Waals surface area contributed by atoms with Crippen LogP contribution in [0.1, 0.15) is 101 Å². The summed E-state index contributed by atoms with van der Waals surface area (Å²) in [5, 5.41) is 3.02. The maximum atomic E-state index is 13.3. The summed E-state index contributed by atoms with van der Waals surface area (Å²) in [6.07, 6.45) is 6.31. The Morgan fingerprint density at radius 2 is 1.88 bits per heavy atom. The molecule has 8 heteroatoms. The Hall–Kier alpha value is -3.23. The second-order valence-electron chi connectivity index (χ2n) is 12.0. The summed E-state index contributed by atoms with van der Waals surface area (Å²) in [6, 6.07) is 9.81. The summed E-state index contributed by atoms with van der Waals surface area (Å²) in [4.78, 5) is 30.5. The van der Waals surface area contributed by atoms with Crippen LogP contribution in [-0.2, 0) is 32.1 Å². The van der Waals surface area contributed by atoms with Gasteiger partial charge in [0.15, 0.2) is 5.79 Å². The van der Waals surface area contributed by atoms with Crippen molar-refractivity contribution in [2.24, 2.45) is 0 Å². The van der Waals surface area contributed by atoms with Crippen LogP contribution in [0, 0.1) is 0 Å². The molecule has 218 valence electrons. The van der Waals surface area contributed by atoms with E-state index in [4.69, 9.17) is 19.2 Å². The lowest BCUT2D eigenvalue weighted by Gasteiger charge is -2.41. The highest BCUT2D eigenvalue weighted by atomic mass is 16.7. The number of aromatic nitrogens is 2. The van der Waals surface area contributed by atoms with Gasteiger partial charge >= 0.3 is 5.97 Å². The minimum Gasteiger partial charge on any atom is -0.460 e. The first-order valence-corrected chi connectivity index (χ1v) is 14.1. The highest BCUT2D eigenvalue weighted by Crippen LogP contribution is 2.32. The number of hydrogen-bond acceptors (Lipinski definition) is 6. The van der Waals surface area contributed by atoms with Gasteiger partial charge in [0.25, 0.3) is 5.91 Å². The van der Waals surface area contributed by atoms with E-state index in [1.54, 1.807) is 6.08 Å². The third-order valence-corrected chi connectivity index (χ3v) is 6.39. The Balaban J connectivity index is 1.79. The van der Waals surface area contributed by atoms with Crippen LogP contribution < -0.4 is 5.32 Å². The van der Waals surface area contributed by atoms with Crippen LogP contribution in [0.3, 0.4) is 0 Å². The van der Waals surface area contributed by atoms with Crippen LogP contribution in [0.25, 0.3) is 6.08 Å². The third-order valence-electron chi connectivity index (χ3n) is 6.39. The van der Waals surface area contributed by atoms with E-state index >= 15 is 0 Å². The summed E-state index contributed by atoms with van der Waals surface area (Å²) < 4.78 is 19.9. The molecule has 1 saturated heterocycles. The van der Waals surface area contributed by atoms with Gasteiger partial charge in [0, 0.05) is 19.5 Å². The lowest BCUT2D eigenvalue weighted by atomic mass is 10.0. The zero-order valence-electron chi connectivity index (χ0n) is 25.0. The van der Waals surface area contributed by atoms with Gasteiger partial charge in [0.1, 0.15) is 17.1 Å². The second kappa shape index (κ2) is 13.4. The molecule has 0 aliphatic carbocycles. The quantitative estimate of drug-likeness (QED) is 0.265. The van der Waals surface area contributed by atoms with Gasteiger partial charge in [-0.15, -0.1) is 0 Å². The average molecular weight is 552 g/mol. The number of esters is 1. The van der Waals surface area contributed by atoms with Gasteiger partial charge in [0.2, 0.25) is 0 Å². The van der Waals surface area contributed by atoms with Crippen molar-refractivity contribution in [1.29, 1.82) is 0 Å². The first-order chi connectivity index (χ1) is 18.8. The van der Waals surface area contributed by atoms with Gasteiger partial charge in [0.05, 0.1) is 24.3 Å². The van der Waals surface area contributed by atoms with Crippen LogP contribution in [0.5, 0.6) is 0 Å². The average Bonchev–Trinajstić information content (AvgIpc) is 3.22. The number of hydrogen-bond donors (Lipinski definition) is 1. The van der Waals surface area contributed by atoms with Crippen molar-refractivity contribution >= 4 is 18.0 Å². The van der Waals surface area contributed by atoms with E-state index in [1.807, 2.05) is 77.1 Å². The summed E-state index contributed by atoms with van der Waals surface area (Å²) >= 11 is 0. The van der Waals surface area contributed by atoms with Crippen LogP contribution >= 0.6 is 0 Å². The zero-order valence-corrected chi connectivity index (χ0v) is 25.0. The molecule has 0 spiro atoms. The van der Waals surface area contributed by atoms with Crippen LogP contribution in [0.4, 0.5) is 0 Å². The van der Waals surface area contributed by atoms with Crippen molar-refractivity contribution in [2.45, 2.75) is 110 Å². The Labute approximate surface area is 238 Å². The summed E-state index contributed by atoms with van der Waals surface area (Å²) in [5.41, 5.74) is 1.76. The van der Waals surface area contributed by atoms with Gasteiger partial charge < -0.3 is 24.1 Å². The van der Waals surface area contributed by atoms with Gasteiger partial charge in [-0.2, -0.15) is 0 Å². The van der Waals surface area contributed by atoms with E-state index in [9.17, 15) is 9.59 Å². The van der Waals surface area contributed by atoms with Gasteiger partial charge in [-0.1, -0.05) is 62.9 Å². The molecular weight excluding hydrogens is 506 g/mol. The molecule has 40 heavy (non-hydrogen) atoms. The fraction of sp³-hybridized carbons (Fsp3) is 0.531. The van der Waals surface area contributed by atoms with E-state index < -0.39 is 11.4 Å². The first kappa shape index (κ1) is 31.3. The van der Waals surface area contributed by atoms with Crippen molar-refractivity contribution < 1.29 is 23.8 Å². The van der Waals surface area contributed by atoms with Crippen LogP contribution in [0.15, 0.2) is 49.1 Å².